The Bertz CT molecular complexity index is 146. The average molecular weight is 162 g/mol. The number of hydrogen-bond acceptors (Lipinski definition) is 1. The smallest absolute Gasteiger partial charge is 0.275 e. The van der Waals surface area contributed by atoms with Gasteiger partial charge in [0, 0.05) is 6.42 Å². The molecule has 0 saturated carbocycles. The maximum Gasteiger partial charge on any atom is 0.275 e. The van der Waals surface area contributed by atoms with Crippen molar-refractivity contribution in [2.24, 2.45) is 0 Å². The van der Waals surface area contributed by atoms with E-state index in [4.69, 9.17) is 5.11 Å². The third kappa shape index (κ3) is 5.81. The molecule has 0 aliphatic carbocycles. The Balaban J connectivity index is 3.51. The third-order valence-electron chi connectivity index (χ3n) is 1.14. The van der Waals surface area contributed by atoms with E-state index in [9.17, 15) is 8.78 Å². The maximum atomic E-state index is 11.6. The number of rotatable bonds is 3. The van der Waals surface area contributed by atoms with E-state index in [2.05, 4.69) is 11.8 Å². The molecule has 64 valence electrons. The summed E-state index contributed by atoms with van der Waals surface area (Å²) < 4.78 is 23.2. The zero-order valence-corrected chi connectivity index (χ0v) is 6.48. The fraction of sp³-hybridized carbons (Fsp3) is 0.750. The van der Waals surface area contributed by atoms with Gasteiger partial charge in [-0.3, -0.25) is 0 Å². The highest BCUT2D eigenvalue weighted by Gasteiger charge is 2.12. The summed E-state index contributed by atoms with van der Waals surface area (Å²) in [7, 11) is 0. The zero-order valence-electron chi connectivity index (χ0n) is 6.48. The minimum Gasteiger partial charge on any atom is -0.375 e. The number of aliphatic hydroxyl groups is 1. The molecule has 1 N–H and O–H groups in total. The number of halogens is 2. The van der Waals surface area contributed by atoms with E-state index in [0.717, 1.165) is 12.8 Å². The van der Waals surface area contributed by atoms with Gasteiger partial charge in [-0.2, -0.15) is 0 Å². The van der Waals surface area contributed by atoms with Crippen LogP contribution in [0, 0.1) is 11.8 Å². The quantitative estimate of drug-likeness (QED) is 0.495. The molecule has 0 aromatic rings. The largest absolute Gasteiger partial charge is 0.375 e. The summed E-state index contributed by atoms with van der Waals surface area (Å²) in [6.07, 6.45) is -2.06. The van der Waals surface area contributed by atoms with Crippen LogP contribution in [0.25, 0.3) is 0 Å². The zero-order chi connectivity index (χ0) is 8.69. The van der Waals surface area contributed by atoms with Crippen LogP contribution in [0.15, 0.2) is 0 Å². The first-order valence-electron chi connectivity index (χ1n) is 3.63. The van der Waals surface area contributed by atoms with Crippen LogP contribution in [0.2, 0.25) is 0 Å². The van der Waals surface area contributed by atoms with Gasteiger partial charge in [-0.15, -0.1) is 5.92 Å². The summed E-state index contributed by atoms with van der Waals surface area (Å²) in [6.45, 7) is 1.99. The molecule has 1 atom stereocenters. The lowest BCUT2D eigenvalue weighted by Gasteiger charge is -1.97. The van der Waals surface area contributed by atoms with Gasteiger partial charge in [0.15, 0.2) is 6.10 Å². The predicted molar refractivity (Wildman–Crippen MR) is 39.3 cm³/mol. The molecule has 0 aromatic heterocycles. The Morgan fingerprint density at radius 3 is 2.55 bits per heavy atom. The van der Waals surface area contributed by atoms with Crippen molar-refractivity contribution in [3.63, 3.8) is 0 Å². The Hall–Kier alpha value is -0.620. The van der Waals surface area contributed by atoms with E-state index in [0.29, 0.717) is 6.42 Å². The monoisotopic (exact) mass is 162 g/mol. The number of aliphatic hydroxyl groups excluding tert-OH is 1. The lowest BCUT2D eigenvalue weighted by Crippen LogP contribution is -2.14. The summed E-state index contributed by atoms with van der Waals surface area (Å²) in [5.41, 5.74) is 0. The molecule has 0 saturated heterocycles. The van der Waals surface area contributed by atoms with Gasteiger partial charge >= 0.3 is 0 Å². The highest BCUT2D eigenvalue weighted by atomic mass is 19.3. The van der Waals surface area contributed by atoms with Gasteiger partial charge in [0.2, 0.25) is 0 Å². The van der Waals surface area contributed by atoms with Crippen molar-refractivity contribution in [2.45, 2.75) is 38.7 Å². The molecule has 0 aliphatic heterocycles. The Kier molecular flexibility index (Phi) is 5.77. The Morgan fingerprint density at radius 1 is 1.45 bits per heavy atom. The first kappa shape index (κ1) is 10.4. The minimum absolute atomic E-state index is 0.584. The molecule has 0 amide bonds. The predicted octanol–water partition coefficient (Wildman–Crippen LogP) is 1.81. The maximum absolute atomic E-state index is 11.6. The molecule has 0 aliphatic rings. The molecule has 0 rings (SSSR count). The van der Waals surface area contributed by atoms with Gasteiger partial charge in [0.25, 0.3) is 6.43 Å². The molecule has 0 bridgehead atoms. The summed E-state index contributed by atoms with van der Waals surface area (Å²) in [4.78, 5) is 0. The lowest BCUT2D eigenvalue weighted by atomic mass is 10.2. The highest BCUT2D eigenvalue weighted by Crippen LogP contribution is 1.98. The molecular formula is C8H12F2O. The van der Waals surface area contributed by atoms with E-state index in [1.165, 1.54) is 0 Å². The van der Waals surface area contributed by atoms with Gasteiger partial charge in [-0.1, -0.05) is 19.3 Å². The van der Waals surface area contributed by atoms with E-state index in [1.54, 1.807) is 0 Å². The SMILES string of the molecule is CCCCC#C[C@@H](O)C(F)F. The van der Waals surface area contributed by atoms with Crippen LogP contribution in [-0.2, 0) is 0 Å². The molecule has 3 heteroatoms. The Morgan fingerprint density at radius 2 is 2.09 bits per heavy atom. The fourth-order valence-corrected chi connectivity index (χ4v) is 0.505. The molecule has 0 spiro atoms. The van der Waals surface area contributed by atoms with Crippen molar-refractivity contribution in [3.8, 4) is 11.8 Å². The molecule has 11 heavy (non-hydrogen) atoms. The topological polar surface area (TPSA) is 20.2 Å². The first-order chi connectivity index (χ1) is 5.18. The van der Waals surface area contributed by atoms with Crippen molar-refractivity contribution in [1.82, 2.24) is 0 Å². The standard InChI is InChI=1S/C8H12F2O/c1-2-3-4-5-6-7(11)8(9)10/h7-8,11H,2-4H2,1H3/t7-/m1/s1. The number of hydrogen-bond donors (Lipinski definition) is 1. The average Bonchev–Trinajstić information content (AvgIpc) is 1.97. The summed E-state index contributed by atoms with van der Waals surface area (Å²) in [5.74, 6) is 4.56. The molecule has 0 radical (unpaired) electrons. The van der Waals surface area contributed by atoms with Crippen LogP contribution < -0.4 is 0 Å². The van der Waals surface area contributed by atoms with Crippen LogP contribution in [-0.4, -0.2) is 17.6 Å². The van der Waals surface area contributed by atoms with Crippen LogP contribution in [0.1, 0.15) is 26.2 Å². The highest BCUT2D eigenvalue weighted by molar-refractivity contribution is 5.05. The van der Waals surface area contributed by atoms with Crippen LogP contribution >= 0.6 is 0 Å². The molecular weight excluding hydrogens is 150 g/mol. The second-order valence-corrected chi connectivity index (χ2v) is 2.20. The van der Waals surface area contributed by atoms with E-state index in [1.807, 2.05) is 6.92 Å². The van der Waals surface area contributed by atoms with Crippen LogP contribution in [0.4, 0.5) is 8.78 Å². The fourth-order valence-electron chi connectivity index (χ4n) is 0.505. The van der Waals surface area contributed by atoms with Crippen molar-refractivity contribution >= 4 is 0 Å². The second kappa shape index (κ2) is 6.11. The van der Waals surface area contributed by atoms with Gasteiger partial charge < -0.3 is 5.11 Å². The van der Waals surface area contributed by atoms with Gasteiger partial charge in [-0.05, 0) is 6.42 Å². The minimum atomic E-state index is -2.75. The van der Waals surface area contributed by atoms with Crippen molar-refractivity contribution in [3.05, 3.63) is 0 Å². The van der Waals surface area contributed by atoms with Crippen molar-refractivity contribution < 1.29 is 13.9 Å². The summed E-state index contributed by atoms with van der Waals surface area (Å²) >= 11 is 0. The van der Waals surface area contributed by atoms with Crippen LogP contribution in [0.5, 0.6) is 0 Å². The van der Waals surface area contributed by atoms with Gasteiger partial charge in [0.05, 0.1) is 0 Å². The van der Waals surface area contributed by atoms with Crippen molar-refractivity contribution in [2.75, 3.05) is 0 Å². The van der Waals surface area contributed by atoms with E-state index >= 15 is 0 Å². The molecule has 0 unspecified atom stereocenters. The molecule has 0 fully saturated rings. The number of alkyl halides is 2. The molecule has 0 heterocycles. The summed E-state index contributed by atoms with van der Waals surface area (Å²) in [6, 6.07) is 0. The molecule has 1 nitrogen and oxygen atoms in total. The summed E-state index contributed by atoms with van der Waals surface area (Å²) in [5, 5.41) is 8.50. The van der Waals surface area contributed by atoms with Gasteiger partial charge in [-0.25, -0.2) is 8.78 Å². The Labute approximate surface area is 65.4 Å². The van der Waals surface area contributed by atoms with Crippen LogP contribution in [0.3, 0.4) is 0 Å². The first-order valence-corrected chi connectivity index (χ1v) is 3.63. The number of unbranched alkanes of at least 4 members (excludes halogenated alkanes) is 2. The van der Waals surface area contributed by atoms with Gasteiger partial charge in [0.1, 0.15) is 0 Å². The normalized spacial score (nSPS) is 12.5. The molecule has 0 aromatic carbocycles. The second-order valence-electron chi connectivity index (χ2n) is 2.20. The van der Waals surface area contributed by atoms with E-state index < -0.39 is 12.5 Å². The third-order valence-corrected chi connectivity index (χ3v) is 1.14. The lowest BCUT2D eigenvalue weighted by molar-refractivity contribution is 0.0296. The van der Waals surface area contributed by atoms with Crippen molar-refractivity contribution in [1.29, 1.82) is 0 Å². The van der Waals surface area contributed by atoms with E-state index in [-0.39, 0.29) is 0 Å².